The van der Waals surface area contributed by atoms with E-state index in [0.29, 0.717) is 17.0 Å². The van der Waals surface area contributed by atoms with Crippen LogP contribution in [0.15, 0.2) is 12.3 Å². The van der Waals surface area contributed by atoms with E-state index in [2.05, 4.69) is 21.6 Å². The predicted octanol–water partition coefficient (Wildman–Crippen LogP) is 1.43. The van der Waals surface area contributed by atoms with E-state index in [1.165, 1.54) is 14.0 Å². The molecule has 1 rings (SSSR count). The van der Waals surface area contributed by atoms with Gasteiger partial charge >= 0.3 is 5.97 Å². The van der Waals surface area contributed by atoms with Crippen molar-refractivity contribution in [3.05, 3.63) is 23.5 Å². The van der Waals surface area contributed by atoms with Gasteiger partial charge in [-0.05, 0) is 6.07 Å². The van der Waals surface area contributed by atoms with Gasteiger partial charge in [0.05, 0.1) is 12.9 Å². The number of thioether (sulfide) groups is 1. The number of carbonyl (C=O) groups is 2. The second-order valence-electron chi connectivity index (χ2n) is 2.88. The summed E-state index contributed by atoms with van der Waals surface area (Å²) in [7, 11) is 1.32. The van der Waals surface area contributed by atoms with Gasteiger partial charge in [-0.3, -0.25) is 4.79 Å². The van der Waals surface area contributed by atoms with E-state index in [1.54, 1.807) is 12.3 Å². The normalized spacial score (nSPS) is 9.12. The minimum Gasteiger partial charge on any atom is -0.464 e. The molecular weight excluding hydrogens is 226 g/mol. The summed E-state index contributed by atoms with van der Waals surface area (Å²) in [6.45, 7) is 1.50. The minimum absolute atomic E-state index is 0.0404. The molecule has 1 heterocycles. The molecule has 0 atom stereocenters. The zero-order chi connectivity index (χ0) is 12.0. The Labute approximate surface area is 97.8 Å². The lowest BCUT2D eigenvalue weighted by molar-refractivity contribution is -0.109. The molecule has 0 aliphatic carbocycles. The van der Waals surface area contributed by atoms with Crippen molar-refractivity contribution in [3.63, 3.8) is 0 Å². The first-order valence-electron chi connectivity index (χ1n) is 4.52. The second-order valence-corrected chi connectivity index (χ2v) is 4.03. The van der Waals surface area contributed by atoms with Crippen LogP contribution in [0, 0.1) is 11.8 Å². The van der Waals surface area contributed by atoms with Gasteiger partial charge in [0.1, 0.15) is 5.69 Å². The van der Waals surface area contributed by atoms with Crippen molar-refractivity contribution in [1.29, 1.82) is 0 Å². The maximum absolute atomic E-state index is 11.1. The molecule has 84 valence electrons. The topological polar surface area (TPSA) is 59.2 Å². The Bertz CT molecular complexity index is 453. The van der Waals surface area contributed by atoms with Crippen molar-refractivity contribution in [2.45, 2.75) is 6.92 Å². The van der Waals surface area contributed by atoms with Gasteiger partial charge < -0.3 is 9.72 Å². The van der Waals surface area contributed by atoms with Crippen LogP contribution in [0.3, 0.4) is 0 Å². The number of H-pyrrole nitrogens is 1. The second kappa shape index (κ2) is 6.03. The van der Waals surface area contributed by atoms with E-state index in [1.807, 2.05) is 0 Å². The molecule has 0 radical (unpaired) electrons. The van der Waals surface area contributed by atoms with Crippen LogP contribution >= 0.6 is 11.8 Å². The van der Waals surface area contributed by atoms with Crippen LogP contribution in [0.2, 0.25) is 0 Å². The Morgan fingerprint density at radius 3 is 2.94 bits per heavy atom. The van der Waals surface area contributed by atoms with Gasteiger partial charge in [-0.2, -0.15) is 0 Å². The fraction of sp³-hybridized carbons (Fsp3) is 0.273. The molecule has 1 aromatic heterocycles. The van der Waals surface area contributed by atoms with Crippen LogP contribution in [0.5, 0.6) is 0 Å². The van der Waals surface area contributed by atoms with Crippen LogP contribution < -0.4 is 0 Å². The maximum atomic E-state index is 11.1. The van der Waals surface area contributed by atoms with Crippen LogP contribution in [0.4, 0.5) is 0 Å². The lowest BCUT2D eigenvalue weighted by atomic mass is 10.3. The van der Waals surface area contributed by atoms with Crippen molar-refractivity contribution in [2.24, 2.45) is 0 Å². The molecule has 0 fully saturated rings. The van der Waals surface area contributed by atoms with Crippen molar-refractivity contribution < 1.29 is 14.3 Å². The molecule has 0 amide bonds. The van der Waals surface area contributed by atoms with E-state index in [4.69, 9.17) is 0 Å². The number of aromatic amines is 1. The first-order chi connectivity index (χ1) is 7.63. The van der Waals surface area contributed by atoms with Gasteiger partial charge in [-0.15, -0.1) is 0 Å². The Morgan fingerprint density at radius 1 is 1.56 bits per heavy atom. The Kier molecular flexibility index (Phi) is 4.67. The molecule has 5 heteroatoms. The van der Waals surface area contributed by atoms with Gasteiger partial charge in [0, 0.05) is 18.7 Å². The van der Waals surface area contributed by atoms with Gasteiger partial charge in [-0.25, -0.2) is 4.79 Å². The summed E-state index contributed by atoms with van der Waals surface area (Å²) in [5.41, 5.74) is 1.07. The molecule has 1 N–H and O–H groups in total. The van der Waals surface area contributed by atoms with Gasteiger partial charge in [0.2, 0.25) is 0 Å². The average molecular weight is 237 g/mol. The van der Waals surface area contributed by atoms with Crippen LogP contribution in [-0.2, 0) is 9.53 Å². The number of hydrogen-bond acceptors (Lipinski definition) is 4. The van der Waals surface area contributed by atoms with E-state index >= 15 is 0 Å². The third kappa shape index (κ3) is 3.83. The van der Waals surface area contributed by atoms with Gasteiger partial charge in [0.15, 0.2) is 5.12 Å². The first kappa shape index (κ1) is 12.4. The number of methoxy groups -OCH3 is 1. The largest absolute Gasteiger partial charge is 0.464 e. The van der Waals surface area contributed by atoms with E-state index in [-0.39, 0.29) is 5.12 Å². The number of aromatic nitrogens is 1. The molecule has 0 saturated carbocycles. The molecular formula is C11H11NO3S. The minimum atomic E-state index is -0.425. The number of hydrogen-bond donors (Lipinski definition) is 1. The SMILES string of the molecule is COC(=O)c1cc(C#CCSC(C)=O)c[nH]1. The van der Waals surface area contributed by atoms with E-state index < -0.39 is 5.97 Å². The monoisotopic (exact) mass is 237 g/mol. The Morgan fingerprint density at radius 2 is 2.31 bits per heavy atom. The first-order valence-corrected chi connectivity index (χ1v) is 5.51. The number of carbonyl (C=O) groups excluding carboxylic acids is 2. The van der Waals surface area contributed by atoms with E-state index in [9.17, 15) is 9.59 Å². The number of rotatable bonds is 2. The van der Waals surface area contributed by atoms with Crippen LogP contribution in [0.1, 0.15) is 23.0 Å². The van der Waals surface area contributed by atoms with E-state index in [0.717, 1.165) is 11.8 Å². The average Bonchev–Trinajstić information content (AvgIpc) is 2.71. The molecule has 0 unspecified atom stereocenters. The molecule has 16 heavy (non-hydrogen) atoms. The fourth-order valence-electron chi connectivity index (χ4n) is 0.970. The third-order valence-electron chi connectivity index (χ3n) is 1.67. The third-order valence-corrected chi connectivity index (χ3v) is 2.36. The summed E-state index contributed by atoms with van der Waals surface area (Å²) in [4.78, 5) is 24.5. The van der Waals surface area contributed by atoms with Gasteiger partial charge in [-0.1, -0.05) is 23.6 Å². The molecule has 0 aliphatic rings. The molecule has 0 spiro atoms. The van der Waals surface area contributed by atoms with Crippen LogP contribution in [-0.4, -0.2) is 28.9 Å². The summed E-state index contributed by atoms with van der Waals surface area (Å²) in [6.07, 6.45) is 1.62. The molecule has 0 bridgehead atoms. The summed E-state index contributed by atoms with van der Waals surface area (Å²) < 4.78 is 4.54. The summed E-state index contributed by atoms with van der Waals surface area (Å²) in [6, 6.07) is 1.61. The zero-order valence-corrected chi connectivity index (χ0v) is 9.81. The highest BCUT2D eigenvalue weighted by Gasteiger charge is 2.06. The molecule has 1 aromatic rings. The summed E-state index contributed by atoms with van der Waals surface area (Å²) >= 11 is 1.15. The van der Waals surface area contributed by atoms with Crippen molar-refractivity contribution in [3.8, 4) is 11.8 Å². The van der Waals surface area contributed by atoms with Crippen molar-refractivity contribution >= 4 is 22.8 Å². The number of esters is 1. The Balaban J connectivity index is 2.58. The molecule has 4 nitrogen and oxygen atoms in total. The smallest absolute Gasteiger partial charge is 0.354 e. The molecule has 0 aromatic carbocycles. The molecule has 0 saturated heterocycles. The highest BCUT2D eigenvalue weighted by molar-refractivity contribution is 8.13. The lowest BCUT2D eigenvalue weighted by Crippen LogP contribution is -2.00. The predicted molar refractivity (Wildman–Crippen MR) is 62.1 cm³/mol. The summed E-state index contributed by atoms with van der Waals surface area (Å²) in [5, 5.41) is 0.0404. The maximum Gasteiger partial charge on any atom is 0.354 e. The number of ether oxygens (including phenoxy) is 1. The number of nitrogens with one attached hydrogen (secondary N) is 1. The van der Waals surface area contributed by atoms with Crippen molar-refractivity contribution in [2.75, 3.05) is 12.9 Å². The highest BCUT2D eigenvalue weighted by Crippen LogP contribution is 2.04. The lowest BCUT2D eigenvalue weighted by Gasteiger charge is -1.91. The zero-order valence-electron chi connectivity index (χ0n) is 8.99. The fourth-order valence-corrected chi connectivity index (χ4v) is 1.32. The molecule has 0 aliphatic heterocycles. The quantitative estimate of drug-likeness (QED) is 0.624. The van der Waals surface area contributed by atoms with Crippen molar-refractivity contribution in [1.82, 2.24) is 4.98 Å². The highest BCUT2D eigenvalue weighted by atomic mass is 32.2. The van der Waals surface area contributed by atoms with Crippen LogP contribution in [0.25, 0.3) is 0 Å². The Hall–Kier alpha value is -1.67. The standard InChI is InChI=1S/C11H11NO3S/c1-8(13)16-5-3-4-9-6-10(12-7-9)11(14)15-2/h6-7,12H,5H2,1-2H3. The summed E-state index contributed by atoms with van der Waals surface area (Å²) in [5.74, 6) is 5.69. The van der Waals surface area contributed by atoms with Gasteiger partial charge in [0.25, 0.3) is 0 Å².